The summed E-state index contributed by atoms with van der Waals surface area (Å²) in [5.74, 6) is -0.149. The van der Waals surface area contributed by atoms with E-state index in [4.69, 9.17) is 0 Å². The molecule has 0 amide bonds. The molecular formula is C18H19NO3S. The highest BCUT2D eigenvalue weighted by molar-refractivity contribution is 7.92. The van der Waals surface area contributed by atoms with Crippen molar-refractivity contribution >= 4 is 21.5 Å². The maximum Gasteiger partial charge on any atom is 0.264 e. The maximum atomic E-state index is 13.1. The third-order valence-corrected chi connectivity index (χ3v) is 6.03. The minimum Gasteiger partial charge on any atom is -0.295 e. The summed E-state index contributed by atoms with van der Waals surface area (Å²) < 4.78 is 27.6. The number of sulfonamides is 1. The molecule has 4 nitrogen and oxygen atoms in total. The van der Waals surface area contributed by atoms with Gasteiger partial charge in [0, 0.05) is 17.5 Å². The number of carbonyl (C=O) groups excluding carboxylic acids is 1. The number of carbonyl (C=O) groups is 1. The summed E-state index contributed by atoms with van der Waals surface area (Å²) in [6, 6.07) is 13.8. The molecule has 5 heteroatoms. The zero-order chi connectivity index (χ0) is 16.8. The molecule has 2 aromatic rings. The van der Waals surface area contributed by atoms with Crippen molar-refractivity contribution in [3.63, 3.8) is 0 Å². The van der Waals surface area contributed by atoms with Crippen LogP contribution in [-0.2, 0) is 15.4 Å². The third kappa shape index (κ3) is 2.55. The van der Waals surface area contributed by atoms with Gasteiger partial charge >= 0.3 is 0 Å². The largest absolute Gasteiger partial charge is 0.295 e. The van der Waals surface area contributed by atoms with Gasteiger partial charge in [-0.15, -0.1) is 0 Å². The van der Waals surface area contributed by atoms with E-state index in [0.717, 1.165) is 5.56 Å². The quantitative estimate of drug-likeness (QED) is 0.811. The molecule has 0 saturated carbocycles. The second-order valence-corrected chi connectivity index (χ2v) is 8.36. The molecule has 3 rings (SSSR count). The normalized spacial score (nSPS) is 16.2. The summed E-state index contributed by atoms with van der Waals surface area (Å²) in [6.45, 7) is 5.89. The Kier molecular flexibility index (Phi) is 3.56. The molecular weight excluding hydrogens is 310 g/mol. The van der Waals surface area contributed by atoms with Gasteiger partial charge in [0.25, 0.3) is 10.0 Å². The minimum absolute atomic E-state index is 0.149. The molecule has 0 spiro atoms. The van der Waals surface area contributed by atoms with E-state index in [9.17, 15) is 13.2 Å². The van der Waals surface area contributed by atoms with Gasteiger partial charge in [-0.1, -0.05) is 44.2 Å². The van der Waals surface area contributed by atoms with Crippen LogP contribution in [0.1, 0.15) is 36.7 Å². The number of benzene rings is 2. The number of nitrogens with zero attached hydrogens (tertiary/aromatic N) is 1. The number of hydrogen-bond donors (Lipinski definition) is 0. The van der Waals surface area contributed by atoms with E-state index < -0.39 is 10.0 Å². The van der Waals surface area contributed by atoms with Gasteiger partial charge in [-0.3, -0.25) is 9.10 Å². The van der Waals surface area contributed by atoms with E-state index in [-0.39, 0.29) is 16.1 Å². The van der Waals surface area contributed by atoms with Crippen LogP contribution in [-0.4, -0.2) is 20.7 Å². The van der Waals surface area contributed by atoms with Crippen molar-refractivity contribution in [2.75, 3.05) is 10.8 Å². The highest BCUT2D eigenvalue weighted by Gasteiger charge is 2.40. The smallest absolute Gasteiger partial charge is 0.264 e. The highest BCUT2D eigenvalue weighted by atomic mass is 32.2. The zero-order valence-electron chi connectivity index (χ0n) is 13.4. The number of rotatable bonds is 3. The fraction of sp³-hybridized carbons (Fsp3) is 0.278. The van der Waals surface area contributed by atoms with Crippen LogP contribution in [0.25, 0.3) is 0 Å². The van der Waals surface area contributed by atoms with Crippen LogP contribution in [0, 0.1) is 0 Å². The topological polar surface area (TPSA) is 54.5 Å². The van der Waals surface area contributed by atoms with Crippen LogP contribution in [0.4, 0.5) is 5.69 Å². The van der Waals surface area contributed by atoms with Crippen LogP contribution in [0.3, 0.4) is 0 Å². The number of hydrogen-bond acceptors (Lipinski definition) is 3. The lowest BCUT2D eigenvalue weighted by molar-refractivity contribution is 0.101. The number of para-hydroxylation sites is 1. The van der Waals surface area contributed by atoms with Crippen LogP contribution >= 0.6 is 0 Å². The molecule has 0 radical (unpaired) electrons. The average molecular weight is 329 g/mol. The van der Waals surface area contributed by atoms with Gasteiger partial charge in [0.1, 0.15) is 0 Å². The van der Waals surface area contributed by atoms with E-state index >= 15 is 0 Å². The first-order valence-electron chi connectivity index (χ1n) is 7.47. The van der Waals surface area contributed by atoms with E-state index in [2.05, 4.69) is 0 Å². The van der Waals surface area contributed by atoms with Crippen molar-refractivity contribution in [3.8, 4) is 0 Å². The molecule has 0 bridgehead atoms. The van der Waals surface area contributed by atoms with Crippen LogP contribution in [0.5, 0.6) is 0 Å². The van der Waals surface area contributed by atoms with E-state index in [1.54, 1.807) is 12.1 Å². The van der Waals surface area contributed by atoms with E-state index in [1.807, 2.05) is 38.1 Å². The van der Waals surface area contributed by atoms with Crippen molar-refractivity contribution in [3.05, 3.63) is 59.7 Å². The fourth-order valence-corrected chi connectivity index (χ4v) is 4.70. The summed E-state index contributed by atoms with van der Waals surface area (Å²) in [5.41, 5.74) is 1.89. The molecule has 1 heterocycles. The van der Waals surface area contributed by atoms with Crippen molar-refractivity contribution in [1.29, 1.82) is 0 Å². The molecule has 0 atom stereocenters. The molecule has 0 aromatic heterocycles. The second kappa shape index (κ2) is 5.20. The molecule has 1 aliphatic heterocycles. The molecule has 23 heavy (non-hydrogen) atoms. The number of Topliss-reactive ketones (excluding diaryl/α,β-unsaturated/α-hetero) is 1. The monoisotopic (exact) mass is 329 g/mol. The number of fused-ring (bicyclic) bond motifs is 1. The van der Waals surface area contributed by atoms with Gasteiger partial charge in [0.05, 0.1) is 10.6 Å². The van der Waals surface area contributed by atoms with Gasteiger partial charge in [0.15, 0.2) is 5.78 Å². The Morgan fingerprint density at radius 1 is 1.09 bits per heavy atom. The van der Waals surface area contributed by atoms with Gasteiger partial charge < -0.3 is 0 Å². The van der Waals surface area contributed by atoms with Crippen LogP contribution in [0.2, 0.25) is 0 Å². The Hall–Kier alpha value is -2.14. The van der Waals surface area contributed by atoms with Gasteiger partial charge in [0.2, 0.25) is 0 Å². The Balaban J connectivity index is 2.12. The molecule has 0 N–H and O–H groups in total. The standard InChI is InChI=1S/C18H19NO3S/c1-13(20)14-7-6-8-15(11-14)23(21,22)19-12-18(2,3)16-9-4-5-10-17(16)19/h4-11H,12H2,1-3H3. The molecule has 120 valence electrons. The fourth-order valence-electron chi connectivity index (χ4n) is 3.01. The molecule has 0 fully saturated rings. The van der Waals surface area contributed by atoms with Crippen molar-refractivity contribution in [2.24, 2.45) is 0 Å². The van der Waals surface area contributed by atoms with Gasteiger partial charge in [-0.2, -0.15) is 0 Å². The van der Waals surface area contributed by atoms with Crippen molar-refractivity contribution in [2.45, 2.75) is 31.1 Å². The van der Waals surface area contributed by atoms with E-state index in [1.165, 1.54) is 23.4 Å². The Morgan fingerprint density at radius 2 is 1.78 bits per heavy atom. The first kappa shape index (κ1) is 15.7. The van der Waals surface area contributed by atoms with Gasteiger partial charge in [-0.25, -0.2) is 8.42 Å². The lowest BCUT2D eigenvalue weighted by Crippen LogP contribution is -2.34. The minimum atomic E-state index is -3.70. The summed E-state index contributed by atoms with van der Waals surface area (Å²) in [7, 11) is -3.70. The summed E-state index contributed by atoms with van der Waals surface area (Å²) in [6.07, 6.45) is 0. The predicted molar refractivity (Wildman–Crippen MR) is 90.4 cm³/mol. The molecule has 1 aliphatic rings. The van der Waals surface area contributed by atoms with Crippen molar-refractivity contribution < 1.29 is 13.2 Å². The molecule has 0 saturated heterocycles. The molecule has 2 aromatic carbocycles. The maximum absolute atomic E-state index is 13.1. The summed E-state index contributed by atoms with van der Waals surface area (Å²) in [5, 5.41) is 0. The molecule has 0 unspecified atom stereocenters. The Labute approximate surface area is 136 Å². The first-order valence-corrected chi connectivity index (χ1v) is 8.91. The Bertz CT molecular complexity index is 885. The summed E-state index contributed by atoms with van der Waals surface area (Å²) >= 11 is 0. The van der Waals surface area contributed by atoms with Crippen LogP contribution in [0.15, 0.2) is 53.4 Å². The first-order chi connectivity index (χ1) is 10.7. The third-order valence-electron chi connectivity index (χ3n) is 4.27. The van der Waals surface area contributed by atoms with E-state index in [0.29, 0.717) is 17.8 Å². The zero-order valence-corrected chi connectivity index (χ0v) is 14.2. The SMILES string of the molecule is CC(=O)c1cccc(S(=O)(=O)N2CC(C)(C)c3ccccc32)c1. The highest BCUT2D eigenvalue weighted by Crippen LogP contribution is 2.42. The lowest BCUT2D eigenvalue weighted by atomic mass is 9.87. The number of anilines is 1. The average Bonchev–Trinajstić information content (AvgIpc) is 2.80. The Morgan fingerprint density at radius 3 is 2.48 bits per heavy atom. The summed E-state index contributed by atoms with van der Waals surface area (Å²) in [4.78, 5) is 11.7. The number of ketones is 1. The molecule has 0 aliphatic carbocycles. The van der Waals surface area contributed by atoms with Gasteiger partial charge in [-0.05, 0) is 30.7 Å². The van der Waals surface area contributed by atoms with Crippen molar-refractivity contribution in [1.82, 2.24) is 0 Å². The van der Waals surface area contributed by atoms with Crippen LogP contribution < -0.4 is 4.31 Å². The predicted octanol–water partition coefficient (Wildman–Crippen LogP) is 3.38. The second-order valence-electron chi connectivity index (χ2n) is 6.50. The lowest BCUT2D eigenvalue weighted by Gasteiger charge is -2.22.